The summed E-state index contributed by atoms with van der Waals surface area (Å²) in [5, 5.41) is 0. The highest BCUT2D eigenvalue weighted by atomic mass is 16.5. The molecule has 0 radical (unpaired) electrons. The van der Waals surface area contributed by atoms with Gasteiger partial charge in [0.05, 0.1) is 12.5 Å². The molecule has 1 aromatic heterocycles. The maximum atomic E-state index is 5.55. The van der Waals surface area contributed by atoms with Crippen molar-refractivity contribution in [3.63, 3.8) is 0 Å². The first-order valence-electron chi connectivity index (χ1n) is 5.43. The van der Waals surface area contributed by atoms with E-state index in [4.69, 9.17) is 15.0 Å². The van der Waals surface area contributed by atoms with E-state index in [1.165, 1.54) is 5.56 Å². The minimum Gasteiger partial charge on any atom is -0.472 e. The summed E-state index contributed by atoms with van der Waals surface area (Å²) in [7, 11) is 0. The number of hydrazine groups is 1. The molecule has 2 atom stereocenters. The second kappa shape index (κ2) is 5.30. The van der Waals surface area contributed by atoms with Crippen molar-refractivity contribution in [3.05, 3.63) is 24.2 Å². The summed E-state index contributed by atoms with van der Waals surface area (Å²) in [6, 6.07) is 2.30. The Morgan fingerprint density at radius 1 is 1.60 bits per heavy atom. The second-order valence-corrected chi connectivity index (χ2v) is 4.16. The number of rotatable bonds is 5. The lowest BCUT2D eigenvalue weighted by molar-refractivity contribution is 0.181. The van der Waals surface area contributed by atoms with Crippen LogP contribution in [0.2, 0.25) is 0 Å². The molecule has 0 aliphatic carbocycles. The highest BCUT2D eigenvalue weighted by Gasteiger charge is 2.20. The van der Waals surface area contributed by atoms with Crippen molar-refractivity contribution in [1.29, 1.82) is 0 Å². The van der Waals surface area contributed by atoms with Crippen LogP contribution < -0.4 is 11.3 Å². The monoisotopic (exact) mass is 210 g/mol. The smallest absolute Gasteiger partial charge is 0.0935 e. The van der Waals surface area contributed by atoms with Gasteiger partial charge in [-0.1, -0.05) is 0 Å². The highest BCUT2D eigenvalue weighted by Crippen LogP contribution is 2.19. The second-order valence-electron chi connectivity index (χ2n) is 4.16. The summed E-state index contributed by atoms with van der Waals surface area (Å²) >= 11 is 0. The molecule has 4 heteroatoms. The summed E-state index contributed by atoms with van der Waals surface area (Å²) in [4.78, 5) is 0. The van der Waals surface area contributed by atoms with Crippen LogP contribution >= 0.6 is 0 Å². The molecule has 1 fully saturated rings. The Labute approximate surface area is 89.7 Å². The van der Waals surface area contributed by atoms with E-state index in [0.29, 0.717) is 12.0 Å². The molecule has 84 valence electrons. The third kappa shape index (κ3) is 3.06. The number of ether oxygens (including phenoxy) is 1. The minimum atomic E-state index is 0.314. The molecule has 0 spiro atoms. The first-order chi connectivity index (χ1) is 7.38. The van der Waals surface area contributed by atoms with E-state index in [1.807, 2.05) is 6.07 Å². The van der Waals surface area contributed by atoms with Crippen LogP contribution in [0.4, 0.5) is 0 Å². The number of furan rings is 1. The predicted molar refractivity (Wildman–Crippen MR) is 57.1 cm³/mol. The third-order valence-electron chi connectivity index (χ3n) is 2.94. The topological polar surface area (TPSA) is 60.4 Å². The predicted octanol–water partition coefficient (Wildman–Crippen LogP) is 1.08. The van der Waals surface area contributed by atoms with Gasteiger partial charge in [0.2, 0.25) is 0 Å². The number of nitrogens with one attached hydrogen (secondary N) is 1. The van der Waals surface area contributed by atoms with Gasteiger partial charge in [0, 0.05) is 19.3 Å². The minimum absolute atomic E-state index is 0.314. The summed E-state index contributed by atoms with van der Waals surface area (Å²) in [5.74, 6) is 6.20. The van der Waals surface area contributed by atoms with E-state index < -0.39 is 0 Å². The van der Waals surface area contributed by atoms with Gasteiger partial charge < -0.3 is 9.15 Å². The van der Waals surface area contributed by atoms with Crippen LogP contribution in [0.3, 0.4) is 0 Å². The van der Waals surface area contributed by atoms with E-state index in [-0.39, 0.29) is 0 Å². The van der Waals surface area contributed by atoms with Gasteiger partial charge in [-0.15, -0.1) is 0 Å². The molecular weight excluding hydrogens is 192 g/mol. The van der Waals surface area contributed by atoms with Gasteiger partial charge in [-0.3, -0.25) is 11.3 Å². The zero-order valence-electron chi connectivity index (χ0n) is 8.82. The lowest BCUT2D eigenvalue weighted by atomic mass is 9.96. The van der Waals surface area contributed by atoms with Crippen LogP contribution in [0.1, 0.15) is 18.4 Å². The van der Waals surface area contributed by atoms with Crippen LogP contribution in [-0.2, 0) is 11.2 Å². The molecule has 0 aromatic carbocycles. The first kappa shape index (κ1) is 10.7. The molecule has 4 nitrogen and oxygen atoms in total. The number of hydrogen-bond donors (Lipinski definition) is 2. The van der Waals surface area contributed by atoms with Gasteiger partial charge in [0.25, 0.3) is 0 Å². The van der Waals surface area contributed by atoms with Crippen molar-refractivity contribution < 1.29 is 9.15 Å². The molecule has 15 heavy (non-hydrogen) atoms. The lowest BCUT2D eigenvalue weighted by Gasteiger charge is -2.18. The van der Waals surface area contributed by atoms with Gasteiger partial charge in [-0.2, -0.15) is 0 Å². The number of nitrogens with two attached hydrogens (primary N) is 1. The fraction of sp³-hybridized carbons (Fsp3) is 0.636. The third-order valence-corrected chi connectivity index (χ3v) is 2.94. The summed E-state index contributed by atoms with van der Waals surface area (Å²) in [6.07, 6.45) is 6.62. The van der Waals surface area contributed by atoms with Crippen molar-refractivity contribution in [2.75, 3.05) is 13.2 Å². The maximum absolute atomic E-state index is 5.55. The molecule has 2 unspecified atom stereocenters. The standard InChI is InChI=1S/C11H18N2O2/c12-13-11(5-9-1-3-14-7-9)6-10-2-4-15-8-10/h1,3,7,10-11,13H,2,4-6,8,12H2. The van der Waals surface area contributed by atoms with Crippen molar-refractivity contribution in [2.24, 2.45) is 11.8 Å². The Kier molecular flexibility index (Phi) is 3.77. The van der Waals surface area contributed by atoms with Gasteiger partial charge >= 0.3 is 0 Å². The van der Waals surface area contributed by atoms with Gasteiger partial charge in [0.15, 0.2) is 0 Å². The Morgan fingerprint density at radius 3 is 3.13 bits per heavy atom. The van der Waals surface area contributed by atoms with Crippen LogP contribution in [0, 0.1) is 5.92 Å². The number of hydrogen-bond acceptors (Lipinski definition) is 4. The zero-order valence-corrected chi connectivity index (χ0v) is 8.82. The van der Waals surface area contributed by atoms with Crippen molar-refractivity contribution in [1.82, 2.24) is 5.43 Å². The van der Waals surface area contributed by atoms with E-state index in [2.05, 4.69) is 5.43 Å². The zero-order chi connectivity index (χ0) is 10.5. The van der Waals surface area contributed by atoms with Crippen LogP contribution in [0.25, 0.3) is 0 Å². The molecule has 2 heterocycles. The SMILES string of the molecule is NNC(Cc1ccoc1)CC1CCOC1. The normalized spacial score (nSPS) is 23.1. The summed E-state index contributed by atoms with van der Waals surface area (Å²) in [6.45, 7) is 1.78. The molecule has 1 aliphatic rings. The maximum Gasteiger partial charge on any atom is 0.0935 e. The Bertz CT molecular complexity index is 268. The van der Waals surface area contributed by atoms with Crippen LogP contribution in [-0.4, -0.2) is 19.3 Å². The van der Waals surface area contributed by atoms with Crippen molar-refractivity contribution in [3.8, 4) is 0 Å². The van der Waals surface area contributed by atoms with Gasteiger partial charge in [0.1, 0.15) is 0 Å². The molecule has 0 bridgehead atoms. The highest BCUT2D eigenvalue weighted by molar-refractivity contribution is 5.07. The first-order valence-corrected chi connectivity index (χ1v) is 5.43. The summed E-state index contributed by atoms with van der Waals surface area (Å²) < 4.78 is 10.4. The molecule has 1 aromatic rings. The molecular formula is C11H18N2O2. The Morgan fingerprint density at radius 2 is 2.53 bits per heavy atom. The van der Waals surface area contributed by atoms with Crippen molar-refractivity contribution in [2.45, 2.75) is 25.3 Å². The molecule has 3 N–H and O–H groups in total. The average molecular weight is 210 g/mol. The van der Waals surface area contributed by atoms with E-state index in [1.54, 1.807) is 12.5 Å². The largest absolute Gasteiger partial charge is 0.472 e. The van der Waals surface area contributed by atoms with Crippen LogP contribution in [0.5, 0.6) is 0 Å². The summed E-state index contributed by atoms with van der Waals surface area (Å²) in [5.41, 5.74) is 4.06. The van der Waals surface area contributed by atoms with E-state index in [9.17, 15) is 0 Å². The molecule has 1 saturated heterocycles. The van der Waals surface area contributed by atoms with Gasteiger partial charge in [-0.05, 0) is 36.8 Å². The Hall–Kier alpha value is -0.840. The van der Waals surface area contributed by atoms with E-state index in [0.717, 1.165) is 32.5 Å². The molecule has 0 saturated carbocycles. The van der Waals surface area contributed by atoms with Crippen LogP contribution in [0.15, 0.2) is 23.0 Å². The average Bonchev–Trinajstić information content (AvgIpc) is 2.89. The fourth-order valence-electron chi connectivity index (χ4n) is 2.08. The molecule has 2 rings (SSSR count). The molecule has 0 amide bonds. The van der Waals surface area contributed by atoms with Gasteiger partial charge in [-0.25, -0.2) is 0 Å². The Balaban J connectivity index is 1.81. The fourth-order valence-corrected chi connectivity index (χ4v) is 2.08. The lowest BCUT2D eigenvalue weighted by Crippen LogP contribution is -2.38. The molecule has 1 aliphatic heterocycles. The van der Waals surface area contributed by atoms with Crippen molar-refractivity contribution >= 4 is 0 Å². The van der Waals surface area contributed by atoms with E-state index >= 15 is 0 Å². The quantitative estimate of drug-likeness (QED) is 0.564.